The average molecular weight is 379 g/mol. The number of carbonyl (C=O) groups excluding carboxylic acids is 2. The van der Waals surface area contributed by atoms with Crippen molar-refractivity contribution in [2.75, 3.05) is 14.1 Å². The number of likely N-dealkylation sites (N-methyl/N-ethyl adjacent to an activating group) is 1. The molecule has 0 spiro atoms. The average Bonchev–Trinajstić information content (AvgIpc) is 3.20. The van der Waals surface area contributed by atoms with E-state index < -0.39 is 12.1 Å². The minimum atomic E-state index is -1.04. The summed E-state index contributed by atoms with van der Waals surface area (Å²) in [5.41, 5.74) is 0.591. The largest absolute Gasteiger partial charge is 0.486 e. The van der Waals surface area contributed by atoms with Crippen molar-refractivity contribution in [3.63, 3.8) is 0 Å². The zero-order chi connectivity index (χ0) is 19.9. The molecule has 1 heterocycles. The van der Waals surface area contributed by atoms with E-state index in [4.69, 9.17) is 13.9 Å². The molecule has 0 bridgehead atoms. The number of benzene rings is 2. The summed E-state index contributed by atoms with van der Waals surface area (Å²) in [4.78, 5) is 26.4. The van der Waals surface area contributed by atoms with Crippen LogP contribution in [0.4, 0.5) is 0 Å². The van der Waals surface area contributed by atoms with E-state index in [-0.39, 0.29) is 18.3 Å². The van der Waals surface area contributed by atoms with Gasteiger partial charge in [-0.3, -0.25) is 4.79 Å². The van der Waals surface area contributed by atoms with Crippen molar-refractivity contribution >= 4 is 11.9 Å². The third kappa shape index (κ3) is 4.79. The second-order valence-corrected chi connectivity index (χ2v) is 6.30. The predicted molar refractivity (Wildman–Crippen MR) is 103 cm³/mol. The highest BCUT2D eigenvalue weighted by atomic mass is 16.6. The van der Waals surface area contributed by atoms with Crippen LogP contribution in [0.25, 0.3) is 0 Å². The van der Waals surface area contributed by atoms with E-state index in [1.54, 1.807) is 44.4 Å². The number of amides is 1. The lowest BCUT2D eigenvalue weighted by Crippen LogP contribution is -2.31. The highest BCUT2D eigenvalue weighted by Crippen LogP contribution is 2.22. The zero-order valence-electron chi connectivity index (χ0n) is 15.7. The highest BCUT2D eigenvalue weighted by Gasteiger charge is 2.28. The Hall–Kier alpha value is -3.54. The minimum Gasteiger partial charge on any atom is -0.486 e. The van der Waals surface area contributed by atoms with Crippen LogP contribution in [0.2, 0.25) is 0 Å². The van der Waals surface area contributed by atoms with Gasteiger partial charge in [-0.2, -0.15) is 0 Å². The Morgan fingerprint density at radius 1 is 0.929 bits per heavy atom. The monoisotopic (exact) mass is 379 g/mol. The van der Waals surface area contributed by atoms with Crippen LogP contribution in [0.5, 0.6) is 5.75 Å². The lowest BCUT2D eigenvalue weighted by Gasteiger charge is -2.20. The fraction of sp³-hybridized carbons (Fsp3) is 0.182. The topological polar surface area (TPSA) is 69.0 Å². The van der Waals surface area contributed by atoms with Crippen LogP contribution in [0.3, 0.4) is 0 Å². The molecule has 1 unspecified atom stereocenters. The van der Waals surface area contributed by atoms with E-state index >= 15 is 0 Å². The van der Waals surface area contributed by atoms with E-state index in [0.29, 0.717) is 17.1 Å². The Morgan fingerprint density at radius 2 is 1.57 bits per heavy atom. The van der Waals surface area contributed by atoms with Crippen LogP contribution >= 0.6 is 0 Å². The number of ether oxygens (including phenoxy) is 2. The summed E-state index contributed by atoms with van der Waals surface area (Å²) in [6, 6.07) is 21.3. The molecule has 6 heteroatoms. The molecule has 0 radical (unpaired) electrons. The molecule has 3 aromatic rings. The fourth-order valence-electron chi connectivity index (χ4n) is 2.52. The lowest BCUT2D eigenvalue weighted by atomic mass is 10.1. The summed E-state index contributed by atoms with van der Waals surface area (Å²) in [5.74, 6) is 0.141. The van der Waals surface area contributed by atoms with Crippen molar-refractivity contribution in [1.29, 1.82) is 0 Å². The summed E-state index contributed by atoms with van der Waals surface area (Å²) in [6.45, 7) is 0.177. The van der Waals surface area contributed by atoms with Gasteiger partial charge >= 0.3 is 5.97 Å². The molecule has 144 valence electrons. The lowest BCUT2D eigenvalue weighted by molar-refractivity contribution is -0.138. The first kappa shape index (κ1) is 19.2. The van der Waals surface area contributed by atoms with Gasteiger partial charge in [0.15, 0.2) is 0 Å². The Balaban J connectivity index is 1.68. The van der Waals surface area contributed by atoms with Crippen LogP contribution in [-0.4, -0.2) is 30.9 Å². The Labute approximate surface area is 163 Å². The van der Waals surface area contributed by atoms with Gasteiger partial charge in [0.1, 0.15) is 18.1 Å². The molecule has 0 aliphatic heterocycles. The molecular formula is C22H21NO5. The molecular weight excluding hydrogens is 358 g/mol. The fourth-order valence-corrected chi connectivity index (χ4v) is 2.52. The van der Waals surface area contributed by atoms with Crippen molar-refractivity contribution in [1.82, 2.24) is 4.90 Å². The molecule has 0 aliphatic rings. The molecule has 0 saturated carbocycles. The van der Waals surface area contributed by atoms with E-state index in [1.165, 1.54) is 11.0 Å². The third-order valence-electron chi connectivity index (χ3n) is 3.98. The van der Waals surface area contributed by atoms with E-state index in [2.05, 4.69) is 0 Å². The maximum Gasteiger partial charge on any atom is 0.375 e. The smallest absolute Gasteiger partial charge is 0.375 e. The third-order valence-corrected chi connectivity index (χ3v) is 3.98. The summed E-state index contributed by atoms with van der Waals surface area (Å²) in [7, 11) is 3.22. The number of nitrogens with zero attached hydrogens (tertiary/aromatic N) is 1. The maximum atomic E-state index is 12.5. The number of hydrogen-bond donors (Lipinski definition) is 0. The second-order valence-electron chi connectivity index (χ2n) is 6.30. The molecule has 3 rings (SSSR count). The van der Waals surface area contributed by atoms with Gasteiger partial charge in [-0.25, -0.2) is 4.79 Å². The van der Waals surface area contributed by atoms with Crippen molar-refractivity contribution in [2.45, 2.75) is 12.7 Å². The van der Waals surface area contributed by atoms with Gasteiger partial charge in [-0.15, -0.1) is 0 Å². The Bertz CT molecular complexity index is 918. The van der Waals surface area contributed by atoms with Gasteiger partial charge < -0.3 is 18.8 Å². The predicted octanol–water partition coefficient (Wildman–Crippen LogP) is 3.84. The molecule has 0 aliphatic carbocycles. The molecule has 2 aromatic carbocycles. The molecule has 28 heavy (non-hydrogen) atoms. The van der Waals surface area contributed by atoms with Crippen molar-refractivity contribution < 1.29 is 23.5 Å². The van der Waals surface area contributed by atoms with Gasteiger partial charge in [-0.05, 0) is 24.3 Å². The maximum absolute atomic E-state index is 12.5. The van der Waals surface area contributed by atoms with E-state index in [0.717, 1.165) is 0 Å². The summed E-state index contributed by atoms with van der Waals surface area (Å²) in [5, 5.41) is 0. The molecule has 1 aromatic heterocycles. The molecule has 0 saturated heterocycles. The summed E-state index contributed by atoms with van der Waals surface area (Å²) < 4.78 is 16.6. The summed E-state index contributed by atoms with van der Waals surface area (Å²) in [6.07, 6.45) is -1.04. The first-order valence-corrected chi connectivity index (χ1v) is 8.78. The van der Waals surface area contributed by atoms with Gasteiger partial charge in [-0.1, -0.05) is 48.5 Å². The van der Waals surface area contributed by atoms with Crippen molar-refractivity contribution in [3.05, 3.63) is 89.9 Å². The second kappa shape index (κ2) is 8.90. The SMILES string of the molecule is CN(C)C(=O)C(OC(=O)c1ccc(COc2ccccc2)o1)c1ccccc1. The van der Waals surface area contributed by atoms with Crippen LogP contribution in [0, 0.1) is 0 Å². The number of esters is 1. The van der Waals surface area contributed by atoms with Crippen LogP contribution < -0.4 is 4.74 Å². The van der Waals surface area contributed by atoms with E-state index in [1.807, 2.05) is 36.4 Å². The molecule has 0 fully saturated rings. The summed E-state index contributed by atoms with van der Waals surface area (Å²) >= 11 is 0. The first-order valence-electron chi connectivity index (χ1n) is 8.78. The number of hydrogen-bond acceptors (Lipinski definition) is 5. The van der Waals surface area contributed by atoms with Gasteiger partial charge in [0, 0.05) is 19.7 Å². The number of rotatable bonds is 7. The number of para-hydroxylation sites is 1. The van der Waals surface area contributed by atoms with Crippen LogP contribution in [-0.2, 0) is 16.1 Å². The number of furan rings is 1. The highest BCUT2D eigenvalue weighted by molar-refractivity contribution is 5.90. The van der Waals surface area contributed by atoms with Crippen molar-refractivity contribution in [2.24, 2.45) is 0 Å². The zero-order valence-corrected chi connectivity index (χ0v) is 15.7. The molecule has 0 N–H and O–H groups in total. The Morgan fingerprint density at radius 3 is 2.21 bits per heavy atom. The van der Waals surface area contributed by atoms with Gasteiger partial charge in [0.25, 0.3) is 5.91 Å². The minimum absolute atomic E-state index is 0.0131. The molecule has 1 amide bonds. The Kier molecular flexibility index (Phi) is 6.11. The van der Waals surface area contributed by atoms with Crippen molar-refractivity contribution in [3.8, 4) is 5.75 Å². The van der Waals surface area contributed by atoms with Crippen LogP contribution in [0.15, 0.2) is 77.2 Å². The van der Waals surface area contributed by atoms with Crippen LogP contribution in [0.1, 0.15) is 28.0 Å². The first-order chi connectivity index (χ1) is 13.5. The standard InChI is InChI=1S/C22H21NO5/c1-23(2)21(24)20(16-9-5-3-6-10-16)28-22(25)19-14-13-18(27-19)15-26-17-11-7-4-8-12-17/h3-14,20H,15H2,1-2H3. The van der Waals surface area contributed by atoms with Gasteiger partial charge in [0.2, 0.25) is 11.9 Å². The quantitative estimate of drug-likeness (QED) is 0.583. The number of carbonyl (C=O) groups is 2. The molecule has 6 nitrogen and oxygen atoms in total. The van der Waals surface area contributed by atoms with Gasteiger partial charge in [0.05, 0.1) is 0 Å². The normalized spacial score (nSPS) is 11.5. The molecule has 1 atom stereocenters. The van der Waals surface area contributed by atoms with E-state index in [9.17, 15) is 9.59 Å².